The Labute approximate surface area is 341 Å². The van der Waals surface area contributed by atoms with Crippen molar-refractivity contribution in [2.45, 2.75) is 31.0 Å². The Morgan fingerprint density at radius 1 is 0.585 bits per heavy atom. The summed E-state index contributed by atoms with van der Waals surface area (Å²) in [6, 6.07) is 11.8. The Bertz CT molecular complexity index is 2130. The van der Waals surface area contributed by atoms with Crippen molar-refractivity contribution in [3.8, 4) is 46.0 Å². The normalized spacial score (nSPS) is 15.8. The first-order valence-corrected chi connectivity index (χ1v) is 15.2. The zero-order valence-corrected chi connectivity index (χ0v) is 30.6. The summed E-state index contributed by atoms with van der Waals surface area (Å²) in [6.45, 7) is 0. The average molecular weight is 756 g/mol. The van der Waals surface area contributed by atoms with E-state index >= 15 is 0 Å². The molecule has 4 aromatic rings. The quantitative estimate of drug-likeness (QED) is 0.0439. The molecule has 0 spiro atoms. The van der Waals surface area contributed by atoms with Crippen molar-refractivity contribution in [3.63, 3.8) is 0 Å². The third-order valence-corrected chi connectivity index (χ3v) is 8.30. The second-order valence-corrected chi connectivity index (χ2v) is 11.8. The van der Waals surface area contributed by atoms with E-state index in [2.05, 4.69) is 0 Å². The van der Waals surface area contributed by atoms with Crippen LogP contribution in [0.2, 0.25) is 0 Å². The minimum Gasteiger partial charge on any atom is -0.546 e. The van der Waals surface area contributed by atoms with E-state index in [1.54, 1.807) is 0 Å². The van der Waals surface area contributed by atoms with Crippen LogP contribution in [-0.4, -0.2) is 76.9 Å². The fraction of sp³-hybridized carbons (Fsp3) is 0.167. The number of hydrogen-bond acceptors (Lipinski definition) is 16. The zero-order valence-electron chi connectivity index (χ0n) is 27.5. The molecule has 0 bridgehead atoms. The molecule has 53 heavy (non-hydrogen) atoms. The van der Waals surface area contributed by atoms with Crippen LogP contribution in [0.3, 0.4) is 0 Å². The number of rotatable bonds is 11. The largest absolute Gasteiger partial charge is 1.00 e. The maximum atomic E-state index is 14.2. The molecule has 270 valence electrons. The number of carboxylic acids is 2. The maximum absolute atomic E-state index is 14.2. The summed E-state index contributed by atoms with van der Waals surface area (Å²) >= 11 is 0. The molecule has 5 rings (SSSR count). The molecule has 1 aliphatic rings. The number of phenolic OH excluding ortho intramolecular Hbond substituents is 8. The van der Waals surface area contributed by atoms with Crippen molar-refractivity contribution in [1.82, 2.24) is 0 Å². The Kier molecular flexibility index (Phi) is 12.5. The molecule has 0 saturated heterocycles. The van der Waals surface area contributed by atoms with Gasteiger partial charge in [0.1, 0.15) is 12.2 Å². The fourth-order valence-corrected chi connectivity index (χ4v) is 5.75. The van der Waals surface area contributed by atoms with Crippen molar-refractivity contribution < 1.29 is 131 Å². The van der Waals surface area contributed by atoms with E-state index in [-0.39, 0.29) is 79.2 Å². The summed E-state index contributed by atoms with van der Waals surface area (Å²) in [6.07, 6.45) is -4.37. The molecule has 0 fully saturated rings. The molecule has 16 nitrogen and oxygen atoms in total. The van der Waals surface area contributed by atoms with Gasteiger partial charge in [-0.1, -0.05) is 18.2 Å². The topological polar surface area (TPSA) is 295 Å². The van der Waals surface area contributed by atoms with Gasteiger partial charge in [-0.15, -0.1) is 0 Å². The molecule has 8 N–H and O–H groups in total. The molecule has 17 heteroatoms. The van der Waals surface area contributed by atoms with Crippen molar-refractivity contribution in [2.24, 2.45) is 5.92 Å². The number of hydrogen-bond donors (Lipinski definition) is 8. The summed E-state index contributed by atoms with van der Waals surface area (Å²) in [7, 11) is 0. The van der Waals surface area contributed by atoms with Crippen molar-refractivity contribution in [3.05, 3.63) is 100 Å². The number of carbonyl (C=O) groups excluding carboxylic acids is 4. The number of benzene rings is 4. The third-order valence-electron chi connectivity index (χ3n) is 8.30. The first-order valence-electron chi connectivity index (χ1n) is 15.2. The van der Waals surface area contributed by atoms with Crippen LogP contribution in [0.4, 0.5) is 0 Å². The van der Waals surface area contributed by atoms with Crippen LogP contribution in [0.1, 0.15) is 33.7 Å². The first-order chi connectivity index (χ1) is 24.5. The van der Waals surface area contributed by atoms with Crippen LogP contribution >= 0.6 is 0 Å². The van der Waals surface area contributed by atoms with E-state index in [4.69, 9.17) is 9.47 Å². The molecular weight excluding hydrogens is 727 g/mol. The second-order valence-electron chi connectivity index (χ2n) is 11.8. The van der Waals surface area contributed by atoms with E-state index < -0.39 is 112 Å². The minimum absolute atomic E-state index is 0. The third kappa shape index (κ3) is 8.95. The Morgan fingerprint density at radius 2 is 1.04 bits per heavy atom. The number of aromatic hydroxyl groups is 8. The van der Waals surface area contributed by atoms with Crippen LogP contribution in [0.5, 0.6) is 46.0 Å². The van der Waals surface area contributed by atoms with E-state index in [9.17, 15) is 70.2 Å². The van der Waals surface area contributed by atoms with Gasteiger partial charge in [-0.05, 0) is 82.4 Å². The number of esters is 2. The Hall–Kier alpha value is -5.46. The molecule has 0 saturated carbocycles. The SMILES string of the molecule is O=C(O[C@H](Cc1ccc(O)c(O)c1)C(=O)[O-])C1=Cc2cc(O)c(O)cc2[C@@H](c2ccc(O)c(O)c2)[C@@H]1C(=O)O[C@H](Cc1ccc(O)c(O)c1)C(=O)[O-].[K+]. The van der Waals surface area contributed by atoms with E-state index in [0.717, 1.165) is 54.6 Å². The number of carboxylic acid groups (broad SMARTS) is 2. The summed E-state index contributed by atoms with van der Waals surface area (Å²) in [5.41, 5.74) is -0.535. The second kappa shape index (κ2) is 16.5. The van der Waals surface area contributed by atoms with Crippen LogP contribution < -0.4 is 61.6 Å². The number of phenols is 8. The van der Waals surface area contributed by atoms with E-state index in [0.29, 0.717) is 0 Å². The predicted molar refractivity (Wildman–Crippen MR) is 170 cm³/mol. The van der Waals surface area contributed by atoms with Gasteiger partial charge < -0.3 is 70.1 Å². The van der Waals surface area contributed by atoms with Gasteiger partial charge >= 0.3 is 63.3 Å². The van der Waals surface area contributed by atoms with E-state index in [1.165, 1.54) is 18.2 Å². The van der Waals surface area contributed by atoms with Gasteiger partial charge in [0, 0.05) is 18.8 Å². The Balaban J connectivity index is 0.00000627. The van der Waals surface area contributed by atoms with Crippen molar-refractivity contribution >= 4 is 30.0 Å². The summed E-state index contributed by atoms with van der Waals surface area (Å²) in [4.78, 5) is 52.4. The molecule has 0 unspecified atom stereocenters. The maximum Gasteiger partial charge on any atom is 1.00 e. The molecule has 0 aromatic heterocycles. The van der Waals surface area contributed by atoms with Crippen LogP contribution in [-0.2, 0) is 41.5 Å². The predicted octanol–water partition coefficient (Wildman–Crippen LogP) is -2.71. The number of ether oxygens (including phenoxy) is 2. The zero-order chi connectivity index (χ0) is 38.0. The van der Waals surface area contributed by atoms with Gasteiger partial charge in [0.05, 0.1) is 23.4 Å². The molecule has 4 atom stereocenters. The van der Waals surface area contributed by atoms with Crippen LogP contribution in [0, 0.1) is 5.92 Å². The van der Waals surface area contributed by atoms with Gasteiger partial charge in [0.2, 0.25) is 0 Å². The number of aliphatic carboxylic acids is 2. The standard InChI is InChI=1S/C36H30O16.K/c37-21-4-1-15(7-24(21)40)9-29(33(45)46)51-35(49)20-11-18-13-27(43)28(44)14-19(18)31(17-3-6-23(39)26(42)12-17)32(20)36(50)52-30(34(47)48)10-16-2-5-22(38)25(41)8-16;/h1-8,11-14,29-32,37-44H,9-10H2,(H,45,46)(H,47,48);/q;+1/p-2/t29-,30-,31-,32-;/m1./s1. The first kappa shape index (κ1) is 40.3. The number of carbonyl (C=O) groups is 4. The molecule has 1 aliphatic carbocycles. The fourth-order valence-electron chi connectivity index (χ4n) is 5.75. The molecular formula is C36H28KO16-. The summed E-state index contributed by atoms with van der Waals surface area (Å²) < 4.78 is 10.6. The molecule has 0 heterocycles. The van der Waals surface area contributed by atoms with Gasteiger partial charge in [0.25, 0.3) is 0 Å². The van der Waals surface area contributed by atoms with Gasteiger partial charge in [-0.25, -0.2) is 4.79 Å². The van der Waals surface area contributed by atoms with E-state index in [1.807, 2.05) is 0 Å². The molecule has 0 amide bonds. The van der Waals surface area contributed by atoms with Crippen LogP contribution in [0.25, 0.3) is 6.08 Å². The average Bonchev–Trinajstić information content (AvgIpc) is 3.08. The minimum atomic E-state index is -2.09. The molecule has 0 aliphatic heterocycles. The molecule has 0 radical (unpaired) electrons. The van der Waals surface area contributed by atoms with Gasteiger partial charge in [-0.2, -0.15) is 0 Å². The van der Waals surface area contributed by atoms with Gasteiger partial charge in [-0.3, -0.25) is 4.79 Å². The van der Waals surface area contributed by atoms with Gasteiger partial charge in [0.15, 0.2) is 46.0 Å². The molecule has 4 aromatic carbocycles. The monoisotopic (exact) mass is 755 g/mol. The Morgan fingerprint density at radius 3 is 1.53 bits per heavy atom. The van der Waals surface area contributed by atoms with Crippen LogP contribution in [0.15, 0.2) is 72.3 Å². The summed E-state index contributed by atoms with van der Waals surface area (Å²) in [5.74, 6) is -15.1. The summed E-state index contributed by atoms with van der Waals surface area (Å²) in [5, 5.41) is 104. The van der Waals surface area contributed by atoms with Crippen molar-refractivity contribution in [2.75, 3.05) is 0 Å². The smallest absolute Gasteiger partial charge is 0.546 e. The van der Waals surface area contributed by atoms with Crippen molar-refractivity contribution in [1.29, 1.82) is 0 Å². The number of fused-ring (bicyclic) bond motifs is 1.